The van der Waals surface area contributed by atoms with Crippen molar-refractivity contribution in [1.29, 1.82) is 0 Å². The van der Waals surface area contributed by atoms with E-state index in [4.69, 9.17) is 4.74 Å². The van der Waals surface area contributed by atoms with E-state index in [1.807, 2.05) is 6.07 Å². The average Bonchev–Trinajstić information content (AvgIpc) is 2.97. The van der Waals surface area contributed by atoms with Gasteiger partial charge in [0.25, 0.3) is 0 Å². The highest BCUT2D eigenvalue weighted by Gasteiger charge is 2.21. The molecular weight excluding hydrogens is 260 g/mol. The molecule has 0 aliphatic carbocycles. The van der Waals surface area contributed by atoms with E-state index in [-0.39, 0.29) is 0 Å². The molecule has 0 fully saturated rings. The summed E-state index contributed by atoms with van der Waals surface area (Å²) in [5.41, 5.74) is 2.70. The predicted molar refractivity (Wildman–Crippen MR) is 85.8 cm³/mol. The molecule has 0 saturated carbocycles. The van der Waals surface area contributed by atoms with E-state index in [1.165, 1.54) is 11.1 Å². The summed E-state index contributed by atoms with van der Waals surface area (Å²) in [4.78, 5) is 0. The molecule has 0 amide bonds. The van der Waals surface area contributed by atoms with Gasteiger partial charge in [-0.25, -0.2) is 0 Å². The maximum Gasteiger partial charge on any atom is 0.122 e. The zero-order valence-electron chi connectivity index (χ0n) is 12.9. The number of rotatable bonds is 5. The molecule has 3 rings (SSSR count). The van der Waals surface area contributed by atoms with Crippen molar-refractivity contribution in [1.82, 2.24) is 9.88 Å². The number of nitrogens with zero attached hydrogens (tertiary/aromatic N) is 1. The van der Waals surface area contributed by atoms with Gasteiger partial charge in [-0.3, -0.25) is 0 Å². The fourth-order valence-corrected chi connectivity index (χ4v) is 3.11. The summed E-state index contributed by atoms with van der Waals surface area (Å²) in [7, 11) is 0. The van der Waals surface area contributed by atoms with E-state index in [2.05, 4.69) is 60.4 Å². The van der Waals surface area contributed by atoms with Gasteiger partial charge in [-0.2, -0.15) is 0 Å². The van der Waals surface area contributed by atoms with E-state index in [0.29, 0.717) is 12.0 Å². The summed E-state index contributed by atoms with van der Waals surface area (Å²) >= 11 is 0. The molecule has 0 bridgehead atoms. The van der Waals surface area contributed by atoms with Gasteiger partial charge in [0, 0.05) is 30.9 Å². The summed E-state index contributed by atoms with van der Waals surface area (Å²) in [6, 6.07) is 11.1. The highest BCUT2D eigenvalue weighted by molar-refractivity contribution is 5.37. The number of para-hydroxylation sites is 1. The fourth-order valence-electron chi connectivity index (χ4n) is 3.11. The summed E-state index contributed by atoms with van der Waals surface area (Å²) in [6.45, 7) is 7.21. The average molecular weight is 284 g/mol. The highest BCUT2D eigenvalue weighted by atomic mass is 16.5. The SMILES string of the molecule is CCNC(C)c1ccn(CC2CCOc3ccccc32)c1. The first-order valence-corrected chi connectivity index (χ1v) is 7.88. The van der Waals surface area contributed by atoms with E-state index in [1.54, 1.807) is 0 Å². The molecule has 112 valence electrons. The summed E-state index contributed by atoms with van der Waals surface area (Å²) in [5, 5.41) is 3.46. The molecule has 0 radical (unpaired) electrons. The normalized spacial score (nSPS) is 18.9. The van der Waals surface area contributed by atoms with Crippen molar-refractivity contribution >= 4 is 0 Å². The second kappa shape index (κ2) is 6.35. The van der Waals surface area contributed by atoms with Gasteiger partial charge in [0.1, 0.15) is 5.75 Å². The summed E-state index contributed by atoms with van der Waals surface area (Å²) in [5.74, 6) is 1.60. The van der Waals surface area contributed by atoms with Crippen LogP contribution >= 0.6 is 0 Å². The third-order valence-corrected chi connectivity index (χ3v) is 4.30. The molecule has 2 atom stereocenters. The van der Waals surface area contributed by atoms with Crippen LogP contribution in [0.3, 0.4) is 0 Å². The molecule has 2 aromatic rings. The molecule has 1 N–H and O–H groups in total. The van der Waals surface area contributed by atoms with Crippen LogP contribution in [-0.2, 0) is 6.54 Å². The largest absolute Gasteiger partial charge is 0.493 e. The van der Waals surface area contributed by atoms with Crippen LogP contribution in [0.4, 0.5) is 0 Å². The van der Waals surface area contributed by atoms with Crippen LogP contribution in [0, 0.1) is 0 Å². The third-order valence-electron chi connectivity index (χ3n) is 4.30. The van der Waals surface area contributed by atoms with Crippen LogP contribution in [-0.4, -0.2) is 17.7 Å². The number of fused-ring (bicyclic) bond motifs is 1. The quantitative estimate of drug-likeness (QED) is 0.905. The van der Waals surface area contributed by atoms with Crippen molar-refractivity contribution in [2.45, 2.75) is 38.8 Å². The Morgan fingerprint density at radius 2 is 2.19 bits per heavy atom. The van der Waals surface area contributed by atoms with Gasteiger partial charge in [0.2, 0.25) is 0 Å². The van der Waals surface area contributed by atoms with Gasteiger partial charge in [-0.15, -0.1) is 0 Å². The minimum Gasteiger partial charge on any atom is -0.493 e. The lowest BCUT2D eigenvalue weighted by Gasteiger charge is -2.26. The van der Waals surface area contributed by atoms with Crippen molar-refractivity contribution in [2.75, 3.05) is 13.2 Å². The minimum atomic E-state index is 0.415. The molecular formula is C18H24N2O. The fraction of sp³-hybridized carbons (Fsp3) is 0.444. The van der Waals surface area contributed by atoms with E-state index in [0.717, 1.165) is 31.9 Å². The van der Waals surface area contributed by atoms with Gasteiger partial charge in [0.15, 0.2) is 0 Å². The first-order valence-electron chi connectivity index (χ1n) is 7.88. The smallest absolute Gasteiger partial charge is 0.122 e. The molecule has 3 heteroatoms. The van der Waals surface area contributed by atoms with Gasteiger partial charge in [-0.05, 0) is 43.1 Å². The van der Waals surface area contributed by atoms with E-state index < -0.39 is 0 Å². The van der Waals surface area contributed by atoms with Crippen LogP contribution in [0.2, 0.25) is 0 Å². The molecule has 1 aromatic carbocycles. The Balaban J connectivity index is 1.73. The molecule has 0 saturated heterocycles. The standard InChI is InChI=1S/C18H24N2O/c1-3-19-14(2)15-8-10-20(12-15)13-16-9-11-21-18-7-5-4-6-17(16)18/h4-8,10,12,14,16,19H,3,9,11,13H2,1-2H3. The maximum atomic E-state index is 5.75. The molecule has 21 heavy (non-hydrogen) atoms. The Hall–Kier alpha value is -1.74. The molecule has 3 nitrogen and oxygen atoms in total. The topological polar surface area (TPSA) is 26.2 Å². The van der Waals surface area contributed by atoms with Gasteiger partial charge in [0.05, 0.1) is 6.61 Å². The summed E-state index contributed by atoms with van der Waals surface area (Å²) in [6.07, 6.45) is 5.56. The molecule has 2 unspecified atom stereocenters. The Morgan fingerprint density at radius 1 is 1.33 bits per heavy atom. The second-order valence-corrected chi connectivity index (χ2v) is 5.79. The number of aromatic nitrogens is 1. The van der Waals surface area contributed by atoms with Crippen LogP contribution < -0.4 is 10.1 Å². The lowest BCUT2D eigenvalue weighted by Crippen LogP contribution is -2.18. The van der Waals surface area contributed by atoms with Gasteiger partial charge < -0.3 is 14.6 Å². The van der Waals surface area contributed by atoms with Crippen LogP contribution in [0.1, 0.15) is 43.4 Å². The Morgan fingerprint density at radius 3 is 3.05 bits per heavy atom. The second-order valence-electron chi connectivity index (χ2n) is 5.79. The van der Waals surface area contributed by atoms with Crippen molar-refractivity contribution in [2.24, 2.45) is 0 Å². The highest BCUT2D eigenvalue weighted by Crippen LogP contribution is 2.34. The van der Waals surface area contributed by atoms with Gasteiger partial charge in [-0.1, -0.05) is 25.1 Å². The van der Waals surface area contributed by atoms with Crippen LogP contribution in [0.25, 0.3) is 0 Å². The Labute approximate surface area is 126 Å². The minimum absolute atomic E-state index is 0.415. The molecule has 0 spiro atoms. The lowest BCUT2D eigenvalue weighted by molar-refractivity contribution is 0.259. The van der Waals surface area contributed by atoms with Crippen LogP contribution in [0.5, 0.6) is 5.75 Å². The number of nitrogens with one attached hydrogen (secondary N) is 1. The number of hydrogen-bond acceptors (Lipinski definition) is 2. The first kappa shape index (κ1) is 14.2. The van der Waals surface area contributed by atoms with Crippen molar-refractivity contribution in [3.63, 3.8) is 0 Å². The lowest BCUT2D eigenvalue weighted by atomic mass is 9.93. The first-order chi connectivity index (χ1) is 10.3. The molecule has 2 heterocycles. The maximum absolute atomic E-state index is 5.75. The number of ether oxygens (including phenoxy) is 1. The predicted octanol–water partition coefficient (Wildman–Crippen LogP) is 3.72. The van der Waals surface area contributed by atoms with Crippen LogP contribution in [0.15, 0.2) is 42.7 Å². The zero-order valence-corrected chi connectivity index (χ0v) is 12.9. The zero-order chi connectivity index (χ0) is 14.7. The van der Waals surface area contributed by atoms with Crippen molar-refractivity contribution in [3.8, 4) is 5.75 Å². The Kier molecular flexibility index (Phi) is 4.30. The van der Waals surface area contributed by atoms with Gasteiger partial charge >= 0.3 is 0 Å². The molecule has 1 aromatic heterocycles. The Bertz CT molecular complexity index is 590. The third kappa shape index (κ3) is 3.13. The van der Waals surface area contributed by atoms with E-state index in [9.17, 15) is 0 Å². The molecule has 1 aliphatic heterocycles. The summed E-state index contributed by atoms with van der Waals surface area (Å²) < 4.78 is 8.06. The number of hydrogen-bond donors (Lipinski definition) is 1. The molecule has 1 aliphatic rings. The van der Waals surface area contributed by atoms with E-state index >= 15 is 0 Å². The number of benzene rings is 1. The monoisotopic (exact) mass is 284 g/mol. The van der Waals surface area contributed by atoms with Crippen molar-refractivity contribution < 1.29 is 4.74 Å². The van der Waals surface area contributed by atoms with Crippen molar-refractivity contribution in [3.05, 3.63) is 53.9 Å².